The maximum atomic E-state index is 16.1. The molecule has 3 heterocycles. The number of nitrogens with one attached hydrogen (secondary N) is 3. The van der Waals surface area contributed by atoms with E-state index in [0.29, 0.717) is 46.9 Å². The number of rotatable bonds is 10. The Labute approximate surface area is 253 Å². The molecule has 0 bridgehead atoms. The van der Waals surface area contributed by atoms with E-state index in [1.54, 1.807) is 31.3 Å². The molecule has 14 heteroatoms. The molecule has 1 fully saturated rings. The molecule has 11 nitrogen and oxygen atoms in total. The monoisotopic (exact) mass is 625 g/mol. The quantitative estimate of drug-likeness (QED) is 0.214. The van der Waals surface area contributed by atoms with E-state index >= 15 is 4.39 Å². The summed E-state index contributed by atoms with van der Waals surface area (Å²) in [6.07, 6.45) is 3.54. The Hall–Kier alpha value is -4.14. The van der Waals surface area contributed by atoms with Crippen LogP contribution in [0.15, 0.2) is 60.8 Å². The molecular formula is C29H32FN7O4S2. The molecule has 0 saturated carbocycles. The Morgan fingerprint density at radius 3 is 2.58 bits per heavy atom. The molecule has 1 atom stereocenters. The van der Waals surface area contributed by atoms with E-state index in [0.717, 1.165) is 24.8 Å². The van der Waals surface area contributed by atoms with Crippen molar-refractivity contribution in [3.8, 4) is 32.4 Å². The first-order valence-corrected chi connectivity index (χ1v) is 16.1. The van der Waals surface area contributed by atoms with Gasteiger partial charge in [-0.1, -0.05) is 42.8 Å². The van der Waals surface area contributed by atoms with Gasteiger partial charge in [-0.3, -0.25) is 4.72 Å². The van der Waals surface area contributed by atoms with Crippen molar-refractivity contribution in [2.75, 3.05) is 36.8 Å². The van der Waals surface area contributed by atoms with Crippen molar-refractivity contribution in [2.45, 2.75) is 32.2 Å². The number of aromatic nitrogens is 3. The van der Waals surface area contributed by atoms with Crippen LogP contribution in [0.3, 0.4) is 0 Å². The van der Waals surface area contributed by atoms with Gasteiger partial charge >= 0.3 is 16.3 Å². The van der Waals surface area contributed by atoms with Crippen LogP contribution in [-0.4, -0.2) is 66.6 Å². The predicted octanol–water partition coefficient (Wildman–Crippen LogP) is 5.37. The Bertz CT molecular complexity index is 1680. The van der Waals surface area contributed by atoms with Crippen molar-refractivity contribution in [3.05, 3.63) is 66.6 Å². The molecule has 0 aliphatic carbocycles. The highest BCUT2D eigenvalue weighted by atomic mass is 32.2. The van der Waals surface area contributed by atoms with E-state index in [2.05, 4.69) is 30.1 Å². The van der Waals surface area contributed by atoms with Crippen LogP contribution in [0.5, 0.6) is 0 Å². The predicted molar refractivity (Wildman–Crippen MR) is 165 cm³/mol. The fraction of sp³-hybridized carbons (Fsp3) is 0.310. The molecule has 2 aromatic heterocycles. The average molecular weight is 626 g/mol. The maximum Gasteiger partial charge on any atom is 0.407 e. The highest BCUT2D eigenvalue weighted by Gasteiger charge is 2.27. The van der Waals surface area contributed by atoms with Gasteiger partial charge in [0.2, 0.25) is 5.95 Å². The zero-order chi connectivity index (χ0) is 30.4. The Morgan fingerprint density at radius 1 is 1.07 bits per heavy atom. The van der Waals surface area contributed by atoms with Gasteiger partial charge in [-0.15, -0.1) is 11.3 Å². The van der Waals surface area contributed by atoms with Crippen LogP contribution in [0.2, 0.25) is 0 Å². The largest absolute Gasteiger partial charge is 0.453 e. The normalized spacial score (nSPS) is 14.6. The molecule has 1 saturated heterocycles. The molecule has 5 rings (SSSR count). The molecule has 0 unspecified atom stereocenters. The number of carbonyl (C=O) groups is 1. The van der Waals surface area contributed by atoms with Crippen LogP contribution in [-0.2, 0) is 14.9 Å². The first-order chi connectivity index (χ1) is 20.7. The van der Waals surface area contributed by atoms with Crippen molar-refractivity contribution in [2.24, 2.45) is 0 Å². The number of hydrogen-bond acceptors (Lipinski definition) is 9. The van der Waals surface area contributed by atoms with Gasteiger partial charge in [0.15, 0.2) is 5.82 Å². The fourth-order valence-corrected chi connectivity index (χ4v) is 6.97. The lowest BCUT2D eigenvalue weighted by molar-refractivity contribution is 0.168. The Morgan fingerprint density at radius 2 is 1.84 bits per heavy atom. The number of ether oxygens (including phenoxy) is 1. The SMILES string of the molecule is COC(=O)N[C@@H](C)CNc1nccc(-c2sc(-c3ccccc3)nc2-c2cccc(NS(=O)(=O)N3CCCCC3)c2F)n1. The number of piperidine rings is 1. The highest BCUT2D eigenvalue weighted by Crippen LogP contribution is 2.42. The molecule has 4 aromatic rings. The summed E-state index contributed by atoms with van der Waals surface area (Å²) in [5.41, 5.74) is 1.65. The van der Waals surface area contributed by atoms with Crippen LogP contribution in [0.4, 0.5) is 20.8 Å². The van der Waals surface area contributed by atoms with Gasteiger partial charge in [-0.2, -0.15) is 12.7 Å². The van der Waals surface area contributed by atoms with Gasteiger partial charge in [-0.25, -0.2) is 24.1 Å². The fourth-order valence-electron chi connectivity index (χ4n) is 4.61. The van der Waals surface area contributed by atoms with Gasteiger partial charge in [0.1, 0.15) is 5.01 Å². The zero-order valence-corrected chi connectivity index (χ0v) is 25.3. The number of carbonyl (C=O) groups excluding carboxylic acids is 1. The minimum atomic E-state index is -3.92. The van der Waals surface area contributed by atoms with E-state index in [9.17, 15) is 13.2 Å². The number of benzene rings is 2. The number of amides is 1. The zero-order valence-electron chi connectivity index (χ0n) is 23.7. The van der Waals surface area contributed by atoms with Crippen LogP contribution in [0, 0.1) is 5.82 Å². The summed E-state index contributed by atoms with van der Waals surface area (Å²) in [5, 5.41) is 6.41. The lowest BCUT2D eigenvalue weighted by atomic mass is 10.1. The van der Waals surface area contributed by atoms with Gasteiger partial charge in [0.05, 0.1) is 29.1 Å². The smallest absolute Gasteiger partial charge is 0.407 e. The van der Waals surface area contributed by atoms with Crippen molar-refractivity contribution in [3.63, 3.8) is 0 Å². The van der Waals surface area contributed by atoms with E-state index in [1.807, 2.05) is 30.3 Å². The van der Waals surface area contributed by atoms with Gasteiger partial charge in [-0.05, 0) is 38.0 Å². The van der Waals surface area contributed by atoms with Gasteiger partial charge in [0.25, 0.3) is 0 Å². The molecule has 1 aliphatic rings. The lowest BCUT2D eigenvalue weighted by Crippen LogP contribution is -2.39. The number of nitrogens with zero attached hydrogens (tertiary/aromatic N) is 4. The molecule has 1 aliphatic heterocycles. The van der Waals surface area contributed by atoms with Gasteiger partial charge < -0.3 is 15.4 Å². The average Bonchev–Trinajstić information content (AvgIpc) is 3.47. The van der Waals surface area contributed by atoms with E-state index in [-0.39, 0.29) is 17.3 Å². The molecule has 3 N–H and O–H groups in total. The number of thiazole rings is 1. The number of methoxy groups -OCH3 is 1. The van der Waals surface area contributed by atoms with Crippen LogP contribution >= 0.6 is 11.3 Å². The second-order valence-electron chi connectivity index (χ2n) is 9.98. The molecular weight excluding hydrogens is 593 g/mol. The van der Waals surface area contributed by atoms with E-state index in [4.69, 9.17) is 4.98 Å². The molecule has 2 aromatic carbocycles. The number of alkyl carbamates (subject to hydrolysis) is 1. The second kappa shape index (κ2) is 13.4. The van der Waals surface area contributed by atoms with Crippen molar-refractivity contribution >= 4 is 39.3 Å². The summed E-state index contributed by atoms with van der Waals surface area (Å²) in [6, 6.07) is 15.5. The van der Waals surface area contributed by atoms with E-state index < -0.39 is 22.1 Å². The van der Waals surface area contributed by atoms with Gasteiger partial charge in [0, 0.05) is 43.0 Å². The standard InChI is InChI=1S/C29H32FN7O4S2/c1-19(33-29(38)41-2)18-32-28-31-15-14-23(34-28)26-25(35-27(42-26)20-10-5-3-6-11-20)21-12-9-13-22(24(21)30)36-43(39,40)37-16-7-4-8-17-37/h3,5-6,9-15,19,36H,4,7-8,16-18H2,1-2H3,(H,33,38)(H,31,32,34)/t19-/m0/s1. The number of hydrogen-bond donors (Lipinski definition) is 3. The molecule has 0 radical (unpaired) electrons. The first-order valence-electron chi connectivity index (χ1n) is 13.8. The summed E-state index contributed by atoms with van der Waals surface area (Å²) < 4.78 is 50.6. The van der Waals surface area contributed by atoms with Crippen molar-refractivity contribution in [1.29, 1.82) is 0 Å². The second-order valence-corrected chi connectivity index (χ2v) is 12.6. The van der Waals surface area contributed by atoms with Crippen LogP contribution in [0.1, 0.15) is 26.2 Å². The van der Waals surface area contributed by atoms with Crippen LogP contribution in [0.25, 0.3) is 32.4 Å². The highest BCUT2D eigenvalue weighted by molar-refractivity contribution is 7.90. The third kappa shape index (κ3) is 7.27. The van der Waals surface area contributed by atoms with Crippen LogP contribution < -0.4 is 15.4 Å². The summed E-state index contributed by atoms with van der Waals surface area (Å²) in [6.45, 7) is 2.93. The van der Waals surface area contributed by atoms with Crippen molar-refractivity contribution < 1.29 is 22.3 Å². The molecule has 43 heavy (non-hydrogen) atoms. The Balaban J connectivity index is 1.50. The minimum absolute atomic E-state index is 0.135. The van der Waals surface area contributed by atoms with Crippen molar-refractivity contribution in [1.82, 2.24) is 24.6 Å². The number of anilines is 2. The summed E-state index contributed by atoms with van der Waals surface area (Å²) >= 11 is 1.34. The molecule has 226 valence electrons. The third-order valence-electron chi connectivity index (χ3n) is 6.80. The molecule has 0 spiro atoms. The summed E-state index contributed by atoms with van der Waals surface area (Å²) in [4.78, 5) is 25.8. The number of halogens is 1. The topological polar surface area (TPSA) is 138 Å². The first kappa shape index (κ1) is 30.3. The Kier molecular flexibility index (Phi) is 9.48. The molecule has 1 amide bonds. The maximum absolute atomic E-state index is 16.1. The van der Waals surface area contributed by atoms with E-state index in [1.165, 1.54) is 28.8 Å². The lowest BCUT2D eigenvalue weighted by Gasteiger charge is -2.26. The third-order valence-corrected chi connectivity index (χ3v) is 9.45. The minimum Gasteiger partial charge on any atom is -0.453 e. The summed E-state index contributed by atoms with van der Waals surface area (Å²) in [5.74, 6) is -0.426. The summed E-state index contributed by atoms with van der Waals surface area (Å²) in [7, 11) is -2.63.